The van der Waals surface area contributed by atoms with Gasteiger partial charge in [-0.2, -0.15) is 5.10 Å². The number of methoxy groups -OCH3 is 2. The molecule has 4 aliphatic rings. The van der Waals surface area contributed by atoms with Crippen molar-refractivity contribution < 1.29 is 19.4 Å². The number of benzene rings is 1. The number of halogens is 1. The highest BCUT2D eigenvalue weighted by Gasteiger charge is 2.59. The molecule has 8 nitrogen and oxygen atoms in total. The Bertz CT molecular complexity index is 1150. The SMILES string of the molecule is COc1ccc(OC)c(Nc2cnn(C34C[C@@H]5C[C@@H](CC(CC(=O)[O-])(C5)C3)C4)c(=O)c2Cl)c1. The topological polar surface area (TPSA) is 106 Å². The van der Waals surface area contributed by atoms with Gasteiger partial charge in [0.05, 0.1) is 37.3 Å². The first kappa shape index (κ1) is 22.1. The maximum Gasteiger partial charge on any atom is 0.288 e. The Labute approximate surface area is 196 Å². The summed E-state index contributed by atoms with van der Waals surface area (Å²) in [6, 6.07) is 5.29. The monoisotopic (exact) mass is 472 g/mol. The summed E-state index contributed by atoms with van der Waals surface area (Å²) in [6.07, 6.45) is 6.76. The van der Waals surface area contributed by atoms with Crippen molar-refractivity contribution in [2.24, 2.45) is 17.3 Å². The number of hydrogen-bond donors (Lipinski definition) is 1. The predicted octanol–water partition coefficient (Wildman–Crippen LogP) is 3.09. The predicted molar refractivity (Wildman–Crippen MR) is 121 cm³/mol. The summed E-state index contributed by atoms with van der Waals surface area (Å²) in [5.41, 5.74) is -0.207. The van der Waals surface area contributed by atoms with Gasteiger partial charge in [0.15, 0.2) is 0 Å². The number of aromatic nitrogens is 2. The van der Waals surface area contributed by atoms with E-state index in [1.54, 1.807) is 38.6 Å². The summed E-state index contributed by atoms with van der Waals surface area (Å²) in [5, 5.41) is 19.3. The van der Waals surface area contributed by atoms with Crippen LogP contribution in [0, 0.1) is 17.3 Å². The van der Waals surface area contributed by atoms with E-state index in [-0.39, 0.29) is 22.4 Å². The van der Waals surface area contributed by atoms with E-state index in [2.05, 4.69) is 10.4 Å². The van der Waals surface area contributed by atoms with Gasteiger partial charge in [0, 0.05) is 12.0 Å². The molecule has 4 bridgehead atoms. The quantitative estimate of drug-likeness (QED) is 0.660. The molecule has 4 fully saturated rings. The van der Waals surface area contributed by atoms with Crippen molar-refractivity contribution in [3.05, 3.63) is 39.8 Å². The molecule has 9 heteroatoms. The van der Waals surface area contributed by atoms with Crippen LogP contribution in [0.15, 0.2) is 29.2 Å². The molecular formula is C24H27ClN3O5-. The van der Waals surface area contributed by atoms with Crippen LogP contribution in [0.2, 0.25) is 5.02 Å². The Balaban J connectivity index is 1.50. The van der Waals surface area contributed by atoms with Gasteiger partial charge in [-0.15, -0.1) is 0 Å². The lowest BCUT2D eigenvalue weighted by Crippen LogP contribution is -2.60. The number of rotatable bonds is 7. The van der Waals surface area contributed by atoms with E-state index in [0.29, 0.717) is 41.1 Å². The molecule has 4 atom stereocenters. The lowest BCUT2D eigenvalue weighted by Gasteiger charge is -2.62. The first-order chi connectivity index (χ1) is 15.8. The fourth-order valence-electron chi connectivity index (χ4n) is 7.08. The molecular weight excluding hydrogens is 446 g/mol. The minimum absolute atomic E-state index is 0.0412. The molecule has 1 N–H and O–H groups in total. The number of carboxylic acids is 1. The molecule has 2 aromatic rings. The van der Waals surface area contributed by atoms with Gasteiger partial charge in [0.2, 0.25) is 0 Å². The van der Waals surface area contributed by atoms with Crippen LogP contribution in [0.25, 0.3) is 0 Å². The third-order valence-corrected chi connectivity index (χ3v) is 8.08. The molecule has 176 valence electrons. The smallest absolute Gasteiger partial charge is 0.288 e. The van der Waals surface area contributed by atoms with Crippen LogP contribution in [0.4, 0.5) is 11.4 Å². The fourth-order valence-corrected chi connectivity index (χ4v) is 7.25. The Morgan fingerprint density at radius 1 is 1.21 bits per heavy atom. The Hall–Kier alpha value is -2.74. The summed E-state index contributed by atoms with van der Waals surface area (Å²) in [6.45, 7) is 0. The van der Waals surface area contributed by atoms with Crippen molar-refractivity contribution in [1.82, 2.24) is 9.78 Å². The van der Waals surface area contributed by atoms with Crippen LogP contribution in [-0.4, -0.2) is 30.0 Å². The second-order valence-corrected chi connectivity index (χ2v) is 10.4. The van der Waals surface area contributed by atoms with E-state index in [0.717, 1.165) is 32.1 Å². The molecule has 0 saturated heterocycles. The summed E-state index contributed by atoms with van der Waals surface area (Å²) in [5.74, 6) is 0.981. The molecule has 6 rings (SSSR count). The maximum atomic E-state index is 13.4. The summed E-state index contributed by atoms with van der Waals surface area (Å²) in [4.78, 5) is 25.0. The second kappa shape index (κ2) is 7.94. The van der Waals surface area contributed by atoms with Crippen molar-refractivity contribution in [3.63, 3.8) is 0 Å². The van der Waals surface area contributed by atoms with Gasteiger partial charge < -0.3 is 24.7 Å². The molecule has 0 spiro atoms. The molecule has 0 aliphatic heterocycles. The zero-order chi connectivity index (χ0) is 23.4. The normalized spacial score (nSPS) is 29.7. The average molecular weight is 473 g/mol. The van der Waals surface area contributed by atoms with Crippen molar-refractivity contribution in [2.45, 2.75) is 50.5 Å². The van der Waals surface area contributed by atoms with Gasteiger partial charge >= 0.3 is 0 Å². The van der Waals surface area contributed by atoms with Crippen LogP contribution < -0.4 is 25.5 Å². The Morgan fingerprint density at radius 3 is 2.58 bits per heavy atom. The minimum Gasteiger partial charge on any atom is -0.550 e. The van der Waals surface area contributed by atoms with Crippen LogP contribution >= 0.6 is 11.6 Å². The van der Waals surface area contributed by atoms with E-state index in [1.807, 2.05) is 0 Å². The highest BCUT2D eigenvalue weighted by Crippen LogP contribution is 2.64. The van der Waals surface area contributed by atoms with Crippen molar-refractivity contribution in [2.75, 3.05) is 19.5 Å². The van der Waals surface area contributed by atoms with Crippen molar-refractivity contribution in [3.8, 4) is 11.5 Å². The molecule has 1 heterocycles. The lowest BCUT2D eigenvalue weighted by molar-refractivity contribution is -0.310. The van der Waals surface area contributed by atoms with Crippen LogP contribution in [0.5, 0.6) is 11.5 Å². The zero-order valence-electron chi connectivity index (χ0n) is 18.7. The molecule has 33 heavy (non-hydrogen) atoms. The first-order valence-corrected chi connectivity index (χ1v) is 11.6. The number of carbonyl (C=O) groups is 1. The standard InChI is InChI=1S/C24H28ClN3O5/c1-32-16-3-4-19(33-2)17(6-16)27-18-12-26-28(22(31)21(18)25)24-9-14-5-15(10-24)8-23(7-14,13-24)11-20(29)30/h3-4,6,12,14-15,27H,5,7-11,13H2,1-2H3,(H,29,30)/p-1/t14-,15+,23?,24?. The zero-order valence-corrected chi connectivity index (χ0v) is 19.5. The number of nitrogens with zero attached hydrogens (tertiary/aromatic N) is 2. The van der Waals surface area contributed by atoms with E-state index >= 15 is 0 Å². The van der Waals surface area contributed by atoms with Gasteiger partial charge in [-0.25, -0.2) is 4.68 Å². The minimum atomic E-state index is -1.02. The van der Waals surface area contributed by atoms with E-state index < -0.39 is 11.5 Å². The van der Waals surface area contributed by atoms with Gasteiger partial charge in [0.25, 0.3) is 5.56 Å². The largest absolute Gasteiger partial charge is 0.550 e. The first-order valence-electron chi connectivity index (χ1n) is 11.2. The highest BCUT2D eigenvalue weighted by molar-refractivity contribution is 6.33. The number of ether oxygens (including phenoxy) is 2. The highest BCUT2D eigenvalue weighted by atomic mass is 35.5. The van der Waals surface area contributed by atoms with Gasteiger partial charge in [0.1, 0.15) is 16.5 Å². The van der Waals surface area contributed by atoms with Gasteiger partial charge in [-0.1, -0.05) is 11.6 Å². The van der Waals surface area contributed by atoms with E-state index in [1.165, 1.54) is 4.68 Å². The number of nitrogens with one attached hydrogen (secondary N) is 1. The molecule has 0 amide bonds. The van der Waals surface area contributed by atoms with Crippen molar-refractivity contribution >= 4 is 28.9 Å². The summed E-state index contributed by atoms with van der Waals surface area (Å²) < 4.78 is 12.2. The Kier molecular flexibility index (Phi) is 5.31. The molecule has 1 aromatic heterocycles. The van der Waals surface area contributed by atoms with Crippen molar-refractivity contribution in [1.29, 1.82) is 0 Å². The van der Waals surface area contributed by atoms with Crippen LogP contribution in [-0.2, 0) is 10.3 Å². The van der Waals surface area contributed by atoms with Crippen LogP contribution in [0.3, 0.4) is 0 Å². The third kappa shape index (κ3) is 3.74. The number of aliphatic carboxylic acids is 1. The summed E-state index contributed by atoms with van der Waals surface area (Å²) in [7, 11) is 3.13. The van der Waals surface area contributed by atoms with E-state index in [4.69, 9.17) is 21.1 Å². The number of carbonyl (C=O) groups excluding carboxylic acids is 1. The molecule has 4 aliphatic carbocycles. The van der Waals surface area contributed by atoms with Crippen LogP contribution in [0.1, 0.15) is 44.9 Å². The maximum absolute atomic E-state index is 13.4. The number of anilines is 2. The number of carboxylic acid groups (broad SMARTS) is 1. The van der Waals surface area contributed by atoms with Gasteiger partial charge in [-0.3, -0.25) is 4.79 Å². The molecule has 0 radical (unpaired) electrons. The van der Waals surface area contributed by atoms with Gasteiger partial charge in [-0.05, 0) is 74.3 Å². The lowest BCUT2D eigenvalue weighted by atomic mass is 9.46. The molecule has 1 aromatic carbocycles. The fraction of sp³-hybridized carbons (Fsp3) is 0.542. The Morgan fingerprint density at radius 2 is 1.94 bits per heavy atom. The molecule has 2 unspecified atom stereocenters. The number of hydrogen-bond acceptors (Lipinski definition) is 7. The molecule has 4 saturated carbocycles. The second-order valence-electron chi connectivity index (χ2n) is 10.0. The third-order valence-electron chi connectivity index (χ3n) is 7.71. The average Bonchev–Trinajstić information content (AvgIpc) is 2.75. The summed E-state index contributed by atoms with van der Waals surface area (Å²) >= 11 is 6.56. The van der Waals surface area contributed by atoms with E-state index in [9.17, 15) is 14.7 Å².